The fraction of sp³-hybridized carbons (Fsp3) is 0.625. The highest BCUT2D eigenvalue weighted by Gasteiger charge is 2.11. The molecule has 6 heteroatoms. The van der Waals surface area contributed by atoms with Gasteiger partial charge in [-0.05, 0) is 32.8 Å². The third-order valence-electron chi connectivity index (χ3n) is 3.13. The van der Waals surface area contributed by atoms with Crippen LogP contribution in [-0.4, -0.2) is 38.0 Å². The normalized spacial score (nSPS) is 11.3. The molecule has 1 heterocycles. The molecule has 0 unspecified atom stereocenters. The molecule has 22 heavy (non-hydrogen) atoms. The number of nitrogens with one attached hydrogen (secondary N) is 3. The predicted octanol–water partition coefficient (Wildman–Crippen LogP) is 2.06. The second-order valence-electron chi connectivity index (χ2n) is 5.08. The Bertz CT molecular complexity index is 468. The van der Waals surface area contributed by atoms with Crippen LogP contribution < -0.4 is 16.0 Å². The highest BCUT2D eigenvalue weighted by molar-refractivity contribution is 5.92. The molecule has 124 valence electrons. The van der Waals surface area contributed by atoms with Gasteiger partial charge >= 0.3 is 0 Å². The van der Waals surface area contributed by atoms with Crippen LogP contribution in [0.5, 0.6) is 0 Å². The van der Waals surface area contributed by atoms with Crippen molar-refractivity contribution in [3.63, 3.8) is 0 Å². The molecule has 0 bridgehead atoms. The van der Waals surface area contributed by atoms with Crippen molar-refractivity contribution in [2.45, 2.75) is 40.0 Å². The number of carbonyl (C=O) groups is 1. The van der Waals surface area contributed by atoms with Crippen LogP contribution in [0.25, 0.3) is 0 Å². The van der Waals surface area contributed by atoms with Gasteiger partial charge in [-0.1, -0.05) is 13.3 Å². The first kappa shape index (κ1) is 18.1. The number of nitrogens with zero attached hydrogens (tertiary/aromatic N) is 1. The molecule has 0 saturated carbocycles. The van der Waals surface area contributed by atoms with E-state index in [1.165, 1.54) is 6.26 Å². The van der Waals surface area contributed by atoms with Gasteiger partial charge < -0.3 is 20.4 Å². The maximum absolute atomic E-state index is 11.8. The average molecular weight is 308 g/mol. The Morgan fingerprint density at radius 1 is 1.18 bits per heavy atom. The second-order valence-corrected chi connectivity index (χ2v) is 5.08. The first-order valence-corrected chi connectivity index (χ1v) is 8.03. The lowest BCUT2D eigenvalue weighted by Crippen LogP contribution is -2.38. The Kier molecular flexibility index (Phi) is 8.79. The number of aliphatic imine (C=N–C) groups is 1. The summed E-state index contributed by atoms with van der Waals surface area (Å²) < 4.78 is 5.15. The molecule has 0 spiro atoms. The minimum Gasteiger partial charge on any atom is -0.459 e. The van der Waals surface area contributed by atoms with E-state index >= 15 is 0 Å². The number of furan rings is 1. The predicted molar refractivity (Wildman–Crippen MR) is 89.3 cm³/mol. The average Bonchev–Trinajstić information content (AvgIpc) is 2.93. The van der Waals surface area contributed by atoms with E-state index < -0.39 is 0 Å². The summed E-state index contributed by atoms with van der Waals surface area (Å²) in [6.45, 7) is 9.07. The molecule has 0 saturated heterocycles. The number of amides is 1. The zero-order chi connectivity index (χ0) is 16.2. The minimum absolute atomic E-state index is 0.167. The van der Waals surface area contributed by atoms with Crippen molar-refractivity contribution in [3.8, 4) is 0 Å². The summed E-state index contributed by atoms with van der Waals surface area (Å²) in [5, 5.41) is 9.34. The van der Waals surface area contributed by atoms with Gasteiger partial charge in [-0.25, -0.2) is 0 Å². The van der Waals surface area contributed by atoms with Crippen molar-refractivity contribution in [1.29, 1.82) is 0 Å². The van der Waals surface area contributed by atoms with Gasteiger partial charge in [0.15, 0.2) is 11.7 Å². The quantitative estimate of drug-likeness (QED) is 0.371. The number of rotatable bonds is 9. The molecule has 0 aliphatic carbocycles. The first-order chi connectivity index (χ1) is 10.7. The number of hydrogen-bond acceptors (Lipinski definition) is 3. The maximum atomic E-state index is 11.8. The summed E-state index contributed by atoms with van der Waals surface area (Å²) in [6.07, 6.45) is 4.60. The number of unbranched alkanes of at least 4 members (excludes halogenated alkanes) is 1. The van der Waals surface area contributed by atoms with Crippen LogP contribution in [0.4, 0.5) is 0 Å². The lowest BCUT2D eigenvalue weighted by atomic mass is 10.2. The standard InChI is InChI=1S/C16H28N4O2/c1-4-6-9-19-16(17-5-2)20-11-7-10-18-15(21)14-13(3)8-12-22-14/h8,12H,4-7,9-11H2,1-3H3,(H,18,21)(H2,17,19,20). The van der Waals surface area contributed by atoms with Gasteiger partial charge in [-0.15, -0.1) is 0 Å². The molecule has 0 radical (unpaired) electrons. The van der Waals surface area contributed by atoms with Crippen molar-refractivity contribution in [2.75, 3.05) is 26.2 Å². The molecule has 3 N–H and O–H groups in total. The van der Waals surface area contributed by atoms with Crippen molar-refractivity contribution < 1.29 is 9.21 Å². The van der Waals surface area contributed by atoms with Gasteiger partial charge in [0, 0.05) is 31.7 Å². The Hall–Kier alpha value is -1.98. The highest BCUT2D eigenvalue weighted by atomic mass is 16.3. The molecule has 1 rings (SSSR count). The Labute approximate surface area is 132 Å². The van der Waals surface area contributed by atoms with Crippen molar-refractivity contribution >= 4 is 11.9 Å². The molecule has 1 aromatic heterocycles. The number of guanidine groups is 1. The molecule has 1 aromatic rings. The fourth-order valence-corrected chi connectivity index (χ4v) is 1.88. The van der Waals surface area contributed by atoms with Crippen LogP contribution >= 0.6 is 0 Å². The van der Waals surface area contributed by atoms with E-state index in [0.29, 0.717) is 18.8 Å². The third-order valence-corrected chi connectivity index (χ3v) is 3.13. The highest BCUT2D eigenvalue weighted by Crippen LogP contribution is 2.07. The lowest BCUT2D eigenvalue weighted by Gasteiger charge is -2.10. The van der Waals surface area contributed by atoms with Crippen molar-refractivity contribution in [1.82, 2.24) is 16.0 Å². The van der Waals surface area contributed by atoms with Gasteiger partial charge in [-0.2, -0.15) is 0 Å². The molecule has 0 aliphatic heterocycles. The summed E-state index contributed by atoms with van der Waals surface area (Å²) in [5.41, 5.74) is 0.852. The Morgan fingerprint density at radius 3 is 2.59 bits per heavy atom. The van der Waals surface area contributed by atoms with Crippen LogP contribution in [0.3, 0.4) is 0 Å². The summed E-state index contributed by atoms with van der Waals surface area (Å²) in [5.74, 6) is 1.06. The summed E-state index contributed by atoms with van der Waals surface area (Å²) in [7, 11) is 0. The van der Waals surface area contributed by atoms with Crippen LogP contribution in [0, 0.1) is 6.92 Å². The van der Waals surface area contributed by atoms with Crippen molar-refractivity contribution in [3.05, 3.63) is 23.7 Å². The summed E-state index contributed by atoms with van der Waals surface area (Å²) >= 11 is 0. The molecule has 1 amide bonds. The topological polar surface area (TPSA) is 78.7 Å². The number of carbonyl (C=O) groups excluding carboxylic acids is 1. The van der Waals surface area contributed by atoms with E-state index in [9.17, 15) is 4.79 Å². The molecular weight excluding hydrogens is 280 g/mol. The van der Waals surface area contributed by atoms with Crippen LogP contribution in [0.15, 0.2) is 21.7 Å². The fourth-order valence-electron chi connectivity index (χ4n) is 1.88. The monoisotopic (exact) mass is 308 g/mol. The first-order valence-electron chi connectivity index (χ1n) is 8.03. The van der Waals surface area contributed by atoms with Crippen LogP contribution in [0.2, 0.25) is 0 Å². The molecule has 0 atom stereocenters. The Morgan fingerprint density at radius 2 is 1.95 bits per heavy atom. The van der Waals surface area contributed by atoms with E-state index in [1.54, 1.807) is 6.07 Å². The van der Waals surface area contributed by atoms with Crippen LogP contribution in [-0.2, 0) is 0 Å². The van der Waals surface area contributed by atoms with Gasteiger partial charge in [0.2, 0.25) is 0 Å². The van der Waals surface area contributed by atoms with E-state index in [-0.39, 0.29) is 5.91 Å². The maximum Gasteiger partial charge on any atom is 0.287 e. The second kappa shape index (κ2) is 10.7. The molecule has 0 aromatic carbocycles. The largest absolute Gasteiger partial charge is 0.459 e. The van der Waals surface area contributed by atoms with E-state index in [4.69, 9.17) is 4.42 Å². The van der Waals surface area contributed by atoms with Gasteiger partial charge in [0.25, 0.3) is 5.91 Å². The SMILES string of the molecule is CCCCNC(=NCCCNC(=O)c1occc1C)NCC. The van der Waals surface area contributed by atoms with Gasteiger partial charge in [0.1, 0.15) is 0 Å². The molecule has 0 fully saturated rings. The van der Waals surface area contributed by atoms with Gasteiger partial charge in [-0.3, -0.25) is 9.79 Å². The molecular formula is C16H28N4O2. The van der Waals surface area contributed by atoms with Crippen LogP contribution in [0.1, 0.15) is 49.2 Å². The molecule has 0 aliphatic rings. The van der Waals surface area contributed by atoms with E-state index in [0.717, 1.165) is 43.9 Å². The number of hydrogen-bond donors (Lipinski definition) is 3. The minimum atomic E-state index is -0.167. The smallest absolute Gasteiger partial charge is 0.287 e. The summed E-state index contributed by atoms with van der Waals surface area (Å²) in [6, 6.07) is 1.78. The van der Waals surface area contributed by atoms with Crippen molar-refractivity contribution in [2.24, 2.45) is 4.99 Å². The lowest BCUT2D eigenvalue weighted by molar-refractivity contribution is 0.0925. The van der Waals surface area contributed by atoms with E-state index in [2.05, 4.69) is 27.9 Å². The van der Waals surface area contributed by atoms with Gasteiger partial charge in [0.05, 0.1) is 6.26 Å². The zero-order valence-electron chi connectivity index (χ0n) is 13.9. The van der Waals surface area contributed by atoms with E-state index in [1.807, 2.05) is 13.8 Å². The number of aryl methyl sites for hydroxylation is 1. The zero-order valence-corrected chi connectivity index (χ0v) is 13.9. The third kappa shape index (κ3) is 6.65. The molecule has 6 nitrogen and oxygen atoms in total. The Balaban J connectivity index is 2.25. The summed E-state index contributed by atoms with van der Waals surface area (Å²) in [4.78, 5) is 16.3.